The van der Waals surface area contributed by atoms with E-state index >= 15 is 0 Å². The first-order chi connectivity index (χ1) is 6.34. The quantitative estimate of drug-likeness (QED) is 0.662. The second kappa shape index (κ2) is 4.95. The van der Waals surface area contributed by atoms with Crippen LogP contribution < -0.4 is 0 Å². The van der Waals surface area contributed by atoms with Crippen molar-refractivity contribution in [2.24, 2.45) is 0 Å². The van der Waals surface area contributed by atoms with E-state index in [4.69, 9.17) is 10.2 Å². The van der Waals surface area contributed by atoms with Gasteiger partial charge >= 0.3 is 11.9 Å². The maximum Gasteiger partial charge on any atom is 0.323 e. The van der Waals surface area contributed by atoms with E-state index in [2.05, 4.69) is 0 Å². The number of carboxylic acids is 2. The Morgan fingerprint density at radius 3 is 2.14 bits per heavy atom. The highest BCUT2D eigenvalue weighted by molar-refractivity contribution is 5.79. The smallest absolute Gasteiger partial charge is 0.323 e. The lowest BCUT2D eigenvalue weighted by atomic mass is 9.94. The van der Waals surface area contributed by atoms with E-state index in [-0.39, 0.29) is 12.8 Å². The number of hydrogen-bond donors (Lipinski definition) is 2. The van der Waals surface area contributed by atoms with Gasteiger partial charge in [-0.1, -0.05) is 6.92 Å². The third-order valence-corrected chi connectivity index (χ3v) is 2.60. The molecule has 0 aliphatic heterocycles. The number of hydrogen-bond acceptors (Lipinski definition) is 3. The van der Waals surface area contributed by atoms with Gasteiger partial charge in [0.25, 0.3) is 0 Å². The molecule has 0 fully saturated rings. The molecule has 0 saturated heterocycles. The van der Waals surface area contributed by atoms with Crippen LogP contribution in [-0.4, -0.2) is 46.2 Å². The van der Waals surface area contributed by atoms with Gasteiger partial charge in [-0.25, -0.2) is 0 Å². The molecule has 0 aliphatic rings. The highest BCUT2D eigenvalue weighted by Crippen LogP contribution is 2.20. The fourth-order valence-electron chi connectivity index (χ4n) is 1.16. The lowest BCUT2D eigenvalue weighted by Gasteiger charge is -2.33. The van der Waals surface area contributed by atoms with Crippen LogP contribution in [0.25, 0.3) is 0 Å². The van der Waals surface area contributed by atoms with Gasteiger partial charge in [-0.3, -0.25) is 14.5 Å². The van der Waals surface area contributed by atoms with Crippen molar-refractivity contribution in [2.75, 3.05) is 13.6 Å². The molecule has 5 heteroatoms. The molecule has 0 amide bonds. The third kappa shape index (κ3) is 2.99. The van der Waals surface area contributed by atoms with E-state index in [1.54, 1.807) is 18.9 Å². The Labute approximate surface area is 83.3 Å². The minimum atomic E-state index is -1.09. The lowest BCUT2D eigenvalue weighted by Crippen LogP contribution is -2.50. The molecule has 82 valence electrons. The van der Waals surface area contributed by atoms with Crippen molar-refractivity contribution in [1.82, 2.24) is 4.90 Å². The van der Waals surface area contributed by atoms with E-state index in [1.807, 2.05) is 6.92 Å². The number of carbonyl (C=O) groups is 2. The van der Waals surface area contributed by atoms with Gasteiger partial charge < -0.3 is 10.2 Å². The van der Waals surface area contributed by atoms with E-state index in [9.17, 15) is 9.59 Å². The molecule has 2 N–H and O–H groups in total. The summed E-state index contributed by atoms with van der Waals surface area (Å²) in [4.78, 5) is 23.0. The number of aliphatic carboxylic acids is 2. The molecule has 0 bridgehead atoms. The maximum atomic E-state index is 11.0. The van der Waals surface area contributed by atoms with Gasteiger partial charge in [0.1, 0.15) is 5.54 Å². The molecule has 0 spiro atoms. The second-order valence-corrected chi connectivity index (χ2v) is 3.49. The molecule has 14 heavy (non-hydrogen) atoms. The number of carboxylic acid groups (broad SMARTS) is 2. The van der Waals surface area contributed by atoms with Gasteiger partial charge in [0.2, 0.25) is 0 Å². The van der Waals surface area contributed by atoms with Gasteiger partial charge in [0, 0.05) is 6.42 Å². The number of rotatable bonds is 6. The molecule has 0 rings (SSSR count). The molecule has 5 nitrogen and oxygen atoms in total. The zero-order valence-corrected chi connectivity index (χ0v) is 8.78. The van der Waals surface area contributed by atoms with E-state index < -0.39 is 17.5 Å². The molecule has 1 atom stereocenters. The summed E-state index contributed by atoms with van der Waals surface area (Å²) >= 11 is 0. The fraction of sp³-hybridized carbons (Fsp3) is 0.778. The first kappa shape index (κ1) is 12.9. The fourth-order valence-corrected chi connectivity index (χ4v) is 1.16. The van der Waals surface area contributed by atoms with Crippen LogP contribution in [0.3, 0.4) is 0 Å². The SMILES string of the molecule is CCN(C)C(C)(CCC(=O)O)C(=O)O. The summed E-state index contributed by atoms with van der Waals surface area (Å²) in [7, 11) is 1.68. The Bertz CT molecular complexity index is 229. The van der Waals surface area contributed by atoms with Crippen molar-refractivity contribution < 1.29 is 19.8 Å². The van der Waals surface area contributed by atoms with Crippen LogP contribution in [0.5, 0.6) is 0 Å². The molecule has 1 unspecified atom stereocenters. The first-order valence-corrected chi connectivity index (χ1v) is 4.51. The largest absolute Gasteiger partial charge is 0.481 e. The van der Waals surface area contributed by atoms with Crippen LogP contribution in [0, 0.1) is 0 Å². The molecule has 0 aromatic carbocycles. The molecular formula is C9H17NO4. The lowest BCUT2D eigenvalue weighted by molar-refractivity contribution is -0.151. The summed E-state index contributed by atoms with van der Waals surface area (Å²) in [6.07, 6.45) is -0.0187. The maximum absolute atomic E-state index is 11.0. The van der Waals surface area contributed by atoms with Gasteiger partial charge in [-0.2, -0.15) is 0 Å². The van der Waals surface area contributed by atoms with Gasteiger partial charge in [-0.15, -0.1) is 0 Å². The Morgan fingerprint density at radius 2 is 1.86 bits per heavy atom. The topological polar surface area (TPSA) is 77.8 Å². The first-order valence-electron chi connectivity index (χ1n) is 4.51. The van der Waals surface area contributed by atoms with Crippen LogP contribution >= 0.6 is 0 Å². The standard InChI is InChI=1S/C9H17NO4/c1-4-10(3)9(2,8(13)14)6-5-7(11)12/h4-6H2,1-3H3,(H,11,12)(H,13,14). The predicted octanol–water partition coefficient (Wildman–Crippen LogP) is 0.646. The highest BCUT2D eigenvalue weighted by atomic mass is 16.4. The van der Waals surface area contributed by atoms with Gasteiger partial charge in [0.05, 0.1) is 0 Å². The molecule has 0 aromatic heterocycles. The Balaban J connectivity index is 4.55. The zero-order valence-electron chi connectivity index (χ0n) is 8.78. The summed E-state index contributed by atoms with van der Waals surface area (Å²) in [5.74, 6) is -1.95. The zero-order chi connectivity index (χ0) is 11.4. The summed E-state index contributed by atoms with van der Waals surface area (Å²) in [6, 6.07) is 0. The summed E-state index contributed by atoms with van der Waals surface area (Å²) in [6.45, 7) is 3.95. The van der Waals surface area contributed by atoms with E-state index in [0.29, 0.717) is 6.54 Å². The molecule has 0 aromatic rings. The van der Waals surface area contributed by atoms with Gasteiger partial charge in [0.15, 0.2) is 0 Å². The summed E-state index contributed by atoms with van der Waals surface area (Å²) < 4.78 is 0. The van der Waals surface area contributed by atoms with E-state index in [0.717, 1.165) is 0 Å². The average molecular weight is 203 g/mol. The van der Waals surface area contributed by atoms with Crippen molar-refractivity contribution >= 4 is 11.9 Å². The minimum Gasteiger partial charge on any atom is -0.481 e. The molecule has 0 aliphatic carbocycles. The Hall–Kier alpha value is -1.10. The van der Waals surface area contributed by atoms with E-state index in [1.165, 1.54) is 0 Å². The average Bonchev–Trinajstić information content (AvgIpc) is 2.12. The van der Waals surface area contributed by atoms with Crippen molar-refractivity contribution in [1.29, 1.82) is 0 Å². The molecular weight excluding hydrogens is 186 g/mol. The van der Waals surface area contributed by atoms with Crippen LogP contribution in [0.4, 0.5) is 0 Å². The van der Waals surface area contributed by atoms with Crippen molar-refractivity contribution in [3.63, 3.8) is 0 Å². The third-order valence-electron chi connectivity index (χ3n) is 2.60. The number of nitrogens with zero attached hydrogens (tertiary/aromatic N) is 1. The molecule has 0 heterocycles. The molecule has 0 saturated carbocycles. The normalized spacial score (nSPS) is 15.1. The van der Waals surface area contributed by atoms with Crippen LogP contribution in [0.2, 0.25) is 0 Å². The summed E-state index contributed by atoms with van der Waals surface area (Å²) in [5, 5.41) is 17.5. The van der Waals surface area contributed by atoms with Crippen LogP contribution in [0.1, 0.15) is 26.7 Å². The number of likely N-dealkylation sites (N-methyl/N-ethyl adjacent to an activating group) is 1. The highest BCUT2D eigenvalue weighted by Gasteiger charge is 2.36. The Morgan fingerprint density at radius 1 is 1.36 bits per heavy atom. The predicted molar refractivity (Wildman–Crippen MR) is 51.2 cm³/mol. The van der Waals surface area contributed by atoms with Crippen molar-refractivity contribution in [3.05, 3.63) is 0 Å². The van der Waals surface area contributed by atoms with Gasteiger partial charge in [-0.05, 0) is 26.9 Å². The summed E-state index contributed by atoms with van der Waals surface area (Å²) in [5.41, 5.74) is -1.09. The Kier molecular flexibility index (Phi) is 4.56. The van der Waals surface area contributed by atoms with Crippen LogP contribution in [0.15, 0.2) is 0 Å². The van der Waals surface area contributed by atoms with Crippen LogP contribution in [-0.2, 0) is 9.59 Å². The molecule has 0 radical (unpaired) electrons. The van der Waals surface area contributed by atoms with Crippen molar-refractivity contribution in [2.45, 2.75) is 32.2 Å². The van der Waals surface area contributed by atoms with Crippen molar-refractivity contribution in [3.8, 4) is 0 Å². The second-order valence-electron chi connectivity index (χ2n) is 3.49. The monoisotopic (exact) mass is 203 g/mol. The minimum absolute atomic E-state index is 0.113.